The average Bonchev–Trinajstić information content (AvgIpc) is 2.90. The smallest absolute Gasteiger partial charge is 0.254 e. The Morgan fingerprint density at radius 2 is 1.96 bits per heavy atom. The SMILES string of the molecule is C=CCN1CCCN(C(=O)C2OCC(=O)N(C)C2c2ccc(C)cc2)CC1. The van der Waals surface area contributed by atoms with Crippen molar-refractivity contribution in [2.24, 2.45) is 0 Å². The Morgan fingerprint density at radius 3 is 2.67 bits per heavy atom. The van der Waals surface area contributed by atoms with Gasteiger partial charge in [-0.1, -0.05) is 35.9 Å². The summed E-state index contributed by atoms with van der Waals surface area (Å²) in [6.45, 7) is 9.78. The van der Waals surface area contributed by atoms with Crippen molar-refractivity contribution in [2.45, 2.75) is 25.5 Å². The van der Waals surface area contributed by atoms with E-state index in [2.05, 4.69) is 11.5 Å². The van der Waals surface area contributed by atoms with Gasteiger partial charge in [0.1, 0.15) is 6.61 Å². The molecule has 0 spiro atoms. The Balaban J connectivity index is 1.79. The van der Waals surface area contributed by atoms with Gasteiger partial charge in [-0.25, -0.2) is 0 Å². The Bertz CT molecular complexity index is 688. The largest absolute Gasteiger partial charge is 0.356 e. The van der Waals surface area contributed by atoms with Crippen LogP contribution in [0.15, 0.2) is 36.9 Å². The molecule has 0 saturated carbocycles. The summed E-state index contributed by atoms with van der Waals surface area (Å²) in [6.07, 6.45) is 2.16. The lowest BCUT2D eigenvalue weighted by molar-refractivity contribution is -0.167. The minimum Gasteiger partial charge on any atom is -0.356 e. The van der Waals surface area contributed by atoms with E-state index in [1.165, 1.54) is 0 Å². The molecule has 2 aliphatic rings. The van der Waals surface area contributed by atoms with E-state index >= 15 is 0 Å². The summed E-state index contributed by atoms with van der Waals surface area (Å²) in [5, 5.41) is 0. The number of rotatable bonds is 4. The van der Waals surface area contributed by atoms with Crippen LogP contribution in [0.1, 0.15) is 23.6 Å². The second kappa shape index (κ2) is 8.67. The maximum atomic E-state index is 13.3. The molecule has 3 rings (SSSR count). The molecule has 1 aromatic rings. The summed E-state index contributed by atoms with van der Waals surface area (Å²) in [4.78, 5) is 31.4. The molecular formula is C21H29N3O3. The van der Waals surface area contributed by atoms with Gasteiger partial charge in [-0.2, -0.15) is 0 Å². The second-order valence-corrected chi connectivity index (χ2v) is 7.36. The molecule has 0 radical (unpaired) electrons. The first kappa shape index (κ1) is 19.6. The number of nitrogens with zero attached hydrogens (tertiary/aromatic N) is 3. The number of morpholine rings is 1. The summed E-state index contributed by atoms with van der Waals surface area (Å²) in [6, 6.07) is 7.57. The molecule has 1 aromatic carbocycles. The standard InChI is InChI=1S/C21H29N3O3/c1-4-10-23-11-5-12-24(14-13-23)21(26)20-19(22(3)18(25)15-27-20)17-8-6-16(2)7-9-17/h4,6-9,19-20H,1,5,10-15H2,2-3H3. The summed E-state index contributed by atoms with van der Waals surface area (Å²) < 4.78 is 5.78. The van der Waals surface area contributed by atoms with Crippen molar-refractivity contribution in [2.75, 3.05) is 46.4 Å². The van der Waals surface area contributed by atoms with E-state index in [0.29, 0.717) is 13.1 Å². The van der Waals surface area contributed by atoms with Crippen molar-refractivity contribution in [1.82, 2.24) is 14.7 Å². The van der Waals surface area contributed by atoms with Gasteiger partial charge in [0.05, 0.1) is 6.04 Å². The van der Waals surface area contributed by atoms with Gasteiger partial charge >= 0.3 is 0 Å². The second-order valence-electron chi connectivity index (χ2n) is 7.36. The van der Waals surface area contributed by atoms with Crippen LogP contribution in [0.25, 0.3) is 0 Å². The molecule has 2 amide bonds. The molecule has 27 heavy (non-hydrogen) atoms. The van der Waals surface area contributed by atoms with E-state index in [4.69, 9.17) is 4.74 Å². The first-order chi connectivity index (χ1) is 13.0. The van der Waals surface area contributed by atoms with Gasteiger partial charge < -0.3 is 14.5 Å². The Morgan fingerprint density at radius 1 is 1.22 bits per heavy atom. The summed E-state index contributed by atoms with van der Waals surface area (Å²) >= 11 is 0. The van der Waals surface area contributed by atoms with Crippen LogP contribution in [0.5, 0.6) is 0 Å². The van der Waals surface area contributed by atoms with Gasteiger partial charge in [0, 0.05) is 39.8 Å². The highest BCUT2D eigenvalue weighted by Crippen LogP contribution is 2.30. The van der Waals surface area contributed by atoms with Crippen molar-refractivity contribution >= 4 is 11.8 Å². The third-order valence-electron chi connectivity index (χ3n) is 5.43. The Hall–Kier alpha value is -2.18. The number of carbonyl (C=O) groups excluding carboxylic acids is 2. The van der Waals surface area contributed by atoms with E-state index < -0.39 is 12.1 Å². The molecule has 2 saturated heterocycles. The van der Waals surface area contributed by atoms with Crippen LogP contribution in [-0.2, 0) is 14.3 Å². The molecule has 0 N–H and O–H groups in total. The molecule has 2 unspecified atom stereocenters. The molecule has 0 aliphatic carbocycles. The molecule has 2 aliphatic heterocycles. The van der Waals surface area contributed by atoms with E-state index in [1.807, 2.05) is 42.2 Å². The molecule has 6 heteroatoms. The van der Waals surface area contributed by atoms with Crippen molar-refractivity contribution < 1.29 is 14.3 Å². The quantitative estimate of drug-likeness (QED) is 0.755. The minimum atomic E-state index is -0.665. The Kier molecular flexibility index (Phi) is 6.29. The van der Waals surface area contributed by atoms with Crippen LogP contribution in [0.4, 0.5) is 0 Å². The lowest BCUT2D eigenvalue weighted by Gasteiger charge is -2.40. The zero-order valence-electron chi connectivity index (χ0n) is 16.3. The number of benzene rings is 1. The molecule has 0 aromatic heterocycles. The number of aryl methyl sites for hydroxylation is 1. The number of amides is 2. The van der Waals surface area contributed by atoms with Crippen molar-refractivity contribution in [3.05, 3.63) is 48.0 Å². The van der Waals surface area contributed by atoms with Gasteiger partial charge in [0.2, 0.25) is 5.91 Å². The van der Waals surface area contributed by atoms with Crippen molar-refractivity contribution in [1.29, 1.82) is 0 Å². The number of ether oxygens (including phenoxy) is 1. The molecule has 2 fully saturated rings. The van der Waals surface area contributed by atoms with E-state index in [9.17, 15) is 9.59 Å². The van der Waals surface area contributed by atoms with E-state index in [-0.39, 0.29) is 18.4 Å². The zero-order chi connectivity index (χ0) is 19.4. The van der Waals surface area contributed by atoms with Crippen molar-refractivity contribution in [3.8, 4) is 0 Å². The van der Waals surface area contributed by atoms with Gasteiger partial charge in [-0.3, -0.25) is 14.5 Å². The molecule has 146 valence electrons. The lowest BCUT2D eigenvalue weighted by Crippen LogP contribution is -2.54. The number of likely N-dealkylation sites (N-methyl/N-ethyl adjacent to an activating group) is 1. The number of hydrogen-bond donors (Lipinski definition) is 0. The first-order valence-corrected chi connectivity index (χ1v) is 9.57. The molecular weight excluding hydrogens is 342 g/mol. The van der Waals surface area contributed by atoms with Crippen LogP contribution in [-0.4, -0.2) is 79.0 Å². The highest BCUT2D eigenvalue weighted by atomic mass is 16.5. The molecule has 2 atom stereocenters. The fourth-order valence-corrected chi connectivity index (χ4v) is 3.82. The average molecular weight is 371 g/mol. The van der Waals surface area contributed by atoms with E-state index in [1.54, 1.807) is 11.9 Å². The zero-order valence-corrected chi connectivity index (χ0v) is 16.3. The topological polar surface area (TPSA) is 53.1 Å². The summed E-state index contributed by atoms with van der Waals surface area (Å²) in [7, 11) is 1.75. The maximum absolute atomic E-state index is 13.3. The van der Waals surface area contributed by atoms with Crippen LogP contribution in [0, 0.1) is 6.92 Å². The van der Waals surface area contributed by atoms with Crippen LogP contribution < -0.4 is 0 Å². The highest BCUT2D eigenvalue weighted by Gasteiger charge is 2.41. The van der Waals surface area contributed by atoms with E-state index in [0.717, 1.165) is 37.2 Å². The van der Waals surface area contributed by atoms with Crippen LogP contribution in [0.2, 0.25) is 0 Å². The lowest BCUT2D eigenvalue weighted by atomic mass is 9.96. The first-order valence-electron chi connectivity index (χ1n) is 9.57. The molecule has 2 heterocycles. The van der Waals surface area contributed by atoms with Crippen molar-refractivity contribution in [3.63, 3.8) is 0 Å². The monoisotopic (exact) mass is 371 g/mol. The fourth-order valence-electron chi connectivity index (χ4n) is 3.82. The molecule has 0 bridgehead atoms. The minimum absolute atomic E-state index is 0.0274. The van der Waals surface area contributed by atoms with Gasteiger partial charge in [-0.05, 0) is 18.9 Å². The third kappa shape index (κ3) is 4.39. The van der Waals surface area contributed by atoms with Crippen LogP contribution >= 0.6 is 0 Å². The van der Waals surface area contributed by atoms with Crippen LogP contribution in [0.3, 0.4) is 0 Å². The number of carbonyl (C=O) groups is 2. The maximum Gasteiger partial charge on any atom is 0.254 e. The summed E-state index contributed by atoms with van der Waals surface area (Å²) in [5.41, 5.74) is 2.07. The van der Waals surface area contributed by atoms with Gasteiger partial charge in [0.25, 0.3) is 5.91 Å². The number of hydrogen-bond acceptors (Lipinski definition) is 4. The predicted molar refractivity (Wildman–Crippen MR) is 104 cm³/mol. The highest BCUT2D eigenvalue weighted by molar-refractivity contribution is 5.86. The molecule has 6 nitrogen and oxygen atoms in total. The Labute approximate surface area is 161 Å². The normalized spacial score (nSPS) is 24.6. The predicted octanol–water partition coefficient (Wildman–Crippen LogP) is 1.61. The van der Waals surface area contributed by atoms with Gasteiger partial charge in [0.15, 0.2) is 6.10 Å². The van der Waals surface area contributed by atoms with Gasteiger partial charge in [-0.15, -0.1) is 6.58 Å². The summed E-state index contributed by atoms with van der Waals surface area (Å²) in [5.74, 6) is -0.127. The third-order valence-corrected chi connectivity index (χ3v) is 5.43. The fraction of sp³-hybridized carbons (Fsp3) is 0.524.